The highest BCUT2D eigenvalue weighted by Crippen LogP contribution is 2.29. The normalized spacial score (nSPS) is 12.1. The Kier molecular flexibility index (Phi) is 2.69. The Labute approximate surface area is 127 Å². The molecule has 0 amide bonds. The molecule has 0 aliphatic rings. The lowest BCUT2D eigenvalue weighted by Crippen LogP contribution is -2.29. The molecule has 5 heteroatoms. The van der Waals surface area contributed by atoms with E-state index >= 15 is 0 Å². The molecule has 22 heavy (non-hydrogen) atoms. The topological polar surface area (TPSA) is 56.5 Å². The molecule has 4 rings (SSSR count). The van der Waals surface area contributed by atoms with Gasteiger partial charge in [0.15, 0.2) is 5.65 Å². The molecule has 1 aromatic carbocycles. The van der Waals surface area contributed by atoms with Gasteiger partial charge in [0.1, 0.15) is 5.52 Å². The van der Waals surface area contributed by atoms with Gasteiger partial charge in [-0.05, 0) is 49.7 Å². The molecule has 0 aliphatic carbocycles. The van der Waals surface area contributed by atoms with Crippen LogP contribution in [0.25, 0.3) is 22.1 Å². The second-order valence-corrected chi connectivity index (χ2v) is 5.82. The maximum Gasteiger partial charge on any atom is 0.179 e. The number of hydrogen-bond donors (Lipinski definition) is 0. The van der Waals surface area contributed by atoms with Crippen LogP contribution in [0.2, 0.25) is 0 Å². The molecule has 0 atom stereocenters. The average Bonchev–Trinajstić information content (AvgIpc) is 2.99. The fourth-order valence-corrected chi connectivity index (χ4v) is 2.72. The van der Waals surface area contributed by atoms with Crippen molar-refractivity contribution >= 4 is 22.1 Å². The maximum atomic E-state index is 4.42. The van der Waals surface area contributed by atoms with Gasteiger partial charge in [0.25, 0.3) is 0 Å². The summed E-state index contributed by atoms with van der Waals surface area (Å²) in [5.41, 5.74) is 3.37. The van der Waals surface area contributed by atoms with Crippen molar-refractivity contribution in [2.45, 2.75) is 19.4 Å². The summed E-state index contributed by atoms with van der Waals surface area (Å²) in [6.07, 6.45) is 3.57. The van der Waals surface area contributed by atoms with Gasteiger partial charge in [0, 0.05) is 17.8 Å². The SMILES string of the molecule is CC(C)(c1ccc2ncccc2c1)n1nnc2cccnc21. The number of pyridine rings is 2. The Balaban J connectivity index is 1.91. The van der Waals surface area contributed by atoms with Crippen LogP contribution in [0.4, 0.5) is 0 Å². The van der Waals surface area contributed by atoms with Crippen molar-refractivity contribution in [2.24, 2.45) is 0 Å². The van der Waals surface area contributed by atoms with E-state index in [1.807, 2.05) is 35.1 Å². The lowest BCUT2D eigenvalue weighted by atomic mass is 9.93. The van der Waals surface area contributed by atoms with Crippen LogP contribution in [-0.4, -0.2) is 25.0 Å². The molecule has 108 valence electrons. The van der Waals surface area contributed by atoms with Crippen molar-refractivity contribution in [3.63, 3.8) is 0 Å². The van der Waals surface area contributed by atoms with Gasteiger partial charge in [-0.25, -0.2) is 9.67 Å². The molecule has 3 heterocycles. The Morgan fingerprint density at radius 3 is 2.64 bits per heavy atom. The van der Waals surface area contributed by atoms with Gasteiger partial charge < -0.3 is 0 Å². The molecular weight excluding hydrogens is 274 g/mol. The predicted molar refractivity (Wildman–Crippen MR) is 85.5 cm³/mol. The van der Waals surface area contributed by atoms with Crippen molar-refractivity contribution in [1.29, 1.82) is 0 Å². The van der Waals surface area contributed by atoms with Crippen molar-refractivity contribution in [3.8, 4) is 0 Å². The molecule has 4 aromatic rings. The summed E-state index contributed by atoms with van der Waals surface area (Å²) in [4.78, 5) is 8.79. The third-order valence-electron chi connectivity index (χ3n) is 4.05. The predicted octanol–water partition coefficient (Wildman–Crippen LogP) is 3.16. The van der Waals surface area contributed by atoms with Crippen LogP contribution in [0.3, 0.4) is 0 Å². The Bertz CT molecular complexity index is 971. The number of fused-ring (bicyclic) bond motifs is 2. The molecule has 0 aliphatic heterocycles. The van der Waals surface area contributed by atoms with E-state index in [0.29, 0.717) is 0 Å². The van der Waals surface area contributed by atoms with Crippen molar-refractivity contribution in [2.75, 3.05) is 0 Å². The smallest absolute Gasteiger partial charge is 0.179 e. The summed E-state index contributed by atoms with van der Waals surface area (Å²) in [5, 5.41) is 9.64. The number of benzene rings is 1. The summed E-state index contributed by atoms with van der Waals surface area (Å²) in [7, 11) is 0. The maximum absolute atomic E-state index is 4.42. The third kappa shape index (κ3) is 1.86. The third-order valence-corrected chi connectivity index (χ3v) is 4.05. The molecule has 3 aromatic heterocycles. The zero-order valence-corrected chi connectivity index (χ0v) is 12.4. The standard InChI is InChI=1S/C17H15N5/c1-17(2,22-16-15(20-21-22)6-4-10-19-16)13-7-8-14-12(11-13)5-3-9-18-14/h3-11H,1-2H3. The quantitative estimate of drug-likeness (QED) is 0.569. The van der Waals surface area contributed by atoms with Gasteiger partial charge >= 0.3 is 0 Å². The minimum atomic E-state index is -0.354. The molecule has 0 N–H and O–H groups in total. The number of aromatic nitrogens is 5. The molecule has 0 saturated heterocycles. The molecule has 0 spiro atoms. The van der Waals surface area contributed by atoms with Gasteiger partial charge in [-0.2, -0.15) is 0 Å². The van der Waals surface area contributed by atoms with E-state index in [2.05, 4.69) is 52.3 Å². The molecular formula is C17H15N5. The molecule has 0 unspecified atom stereocenters. The van der Waals surface area contributed by atoms with Gasteiger partial charge in [0.05, 0.1) is 11.1 Å². The summed E-state index contributed by atoms with van der Waals surface area (Å²) in [6.45, 7) is 4.24. The largest absolute Gasteiger partial charge is 0.256 e. The Hall–Kier alpha value is -2.82. The van der Waals surface area contributed by atoms with Gasteiger partial charge in [0.2, 0.25) is 0 Å². The number of rotatable bonds is 2. The van der Waals surface area contributed by atoms with E-state index in [1.165, 1.54) is 0 Å². The fraction of sp³-hybridized carbons (Fsp3) is 0.176. The van der Waals surface area contributed by atoms with Crippen LogP contribution in [0.5, 0.6) is 0 Å². The van der Waals surface area contributed by atoms with Crippen LogP contribution >= 0.6 is 0 Å². The van der Waals surface area contributed by atoms with Gasteiger partial charge in [-0.3, -0.25) is 4.98 Å². The van der Waals surface area contributed by atoms with E-state index in [0.717, 1.165) is 27.6 Å². The first kappa shape index (κ1) is 12.9. The lowest BCUT2D eigenvalue weighted by molar-refractivity contribution is 0.391. The summed E-state index contributed by atoms with van der Waals surface area (Å²) in [6, 6.07) is 14.1. The van der Waals surface area contributed by atoms with Crippen LogP contribution < -0.4 is 0 Å². The summed E-state index contributed by atoms with van der Waals surface area (Å²) >= 11 is 0. The van der Waals surface area contributed by atoms with Crippen LogP contribution in [-0.2, 0) is 5.54 Å². The van der Waals surface area contributed by atoms with E-state index in [4.69, 9.17) is 0 Å². The van der Waals surface area contributed by atoms with Crippen LogP contribution in [0.15, 0.2) is 54.9 Å². The summed E-state index contributed by atoms with van der Waals surface area (Å²) < 4.78 is 1.87. The second kappa shape index (κ2) is 4.59. The van der Waals surface area contributed by atoms with Crippen LogP contribution in [0, 0.1) is 0 Å². The number of nitrogens with zero attached hydrogens (tertiary/aromatic N) is 5. The minimum absolute atomic E-state index is 0.354. The fourth-order valence-electron chi connectivity index (χ4n) is 2.72. The molecule has 0 fully saturated rings. The highest BCUT2D eigenvalue weighted by atomic mass is 15.5. The highest BCUT2D eigenvalue weighted by molar-refractivity contribution is 5.79. The Morgan fingerprint density at radius 2 is 1.73 bits per heavy atom. The zero-order chi connectivity index (χ0) is 15.2. The van der Waals surface area contributed by atoms with Crippen molar-refractivity contribution in [1.82, 2.24) is 25.0 Å². The zero-order valence-electron chi connectivity index (χ0n) is 12.4. The van der Waals surface area contributed by atoms with E-state index in [9.17, 15) is 0 Å². The first-order chi connectivity index (χ1) is 10.7. The lowest BCUT2D eigenvalue weighted by Gasteiger charge is -2.25. The van der Waals surface area contributed by atoms with Crippen molar-refractivity contribution in [3.05, 3.63) is 60.4 Å². The first-order valence-electron chi connectivity index (χ1n) is 7.18. The Morgan fingerprint density at radius 1 is 0.909 bits per heavy atom. The monoisotopic (exact) mass is 289 g/mol. The second-order valence-electron chi connectivity index (χ2n) is 5.82. The van der Waals surface area contributed by atoms with Crippen LogP contribution in [0.1, 0.15) is 19.4 Å². The molecule has 5 nitrogen and oxygen atoms in total. The molecule has 0 bridgehead atoms. The van der Waals surface area contributed by atoms with Gasteiger partial charge in [-0.1, -0.05) is 17.3 Å². The number of hydrogen-bond acceptors (Lipinski definition) is 4. The van der Waals surface area contributed by atoms with Gasteiger partial charge in [-0.15, -0.1) is 5.10 Å². The summed E-state index contributed by atoms with van der Waals surface area (Å²) in [5.74, 6) is 0. The van der Waals surface area contributed by atoms with E-state index in [1.54, 1.807) is 6.20 Å². The molecule has 0 saturated carbocycles. The average molecular weight is 289 g/mol. The van der Waals surface area contributed by atoms with Crippen molar-refractivity contribution < 1.29 is 0 Å². The van der Waals surface area contributed by atoms with E-state index in [-0.39, 0.29) is 5.54 Å². The minimum Gasteiger partial charge on any atom is -0.256 e. The molecule has 0 radical (unpaired) electrons. The van der Waals surface area contributed by atoms with E-state index < -0.39 is 0 Å². The first-order valence-corrected chi connectivity index (χ1v) is 7.18. The highest BCUT2D eigenvalue weighted by Gasteiger charge is 2.27.